The van der Waals surface area contributed by atoms with Crippen LogP contribution >= 0.6 is 0 Å². The predicted octanol–water partition coefficient (Wildman–Crippen LogP) is 5.37. The van der Waals surface area contributed by atoms with Crippen molar-refractivity contribution in [3.63, 3.8) is 0 Å². The van der Waals surface area contributed by atoms with E-state index in [2.05, 4.69) is 25.7 Å². The van der Waals surface area contributed by atoms with Crippen molar-refractivity contribution in [1.82, 2.24) is 35.2 Å². The normalized spacial score (nSPS) is 16.2. The average molecular weight is 884 g/mol. The number of imide groups is 1. The summed E-state index contributed by atoms with van der Waals surface area (Å²) in [6, 6.07) is 17.4. The minimum atomic E-state index is -1.24. The number of piperazine rings is 1. The van der Waals surface area contributed by atoms with E-state index in [9.17, 15) is 44.1 Å². The lowest BCUT2D eigenvalue weighted by Crippen LogP contribution is -2.52. The summed E-state index contributed by atoms with van der Waals surface area (Å²) in [5.74, 6) is -2.26. The average Bonchev–Trinajstić information content (AvgIpc) is 3.86. The summed E-state index contributed by atoms with van der Waals surface area (Å²) in [4.78, 5) is 84.6. The number of phenolic OH excluding ortho intramolecular Hbond substituents is 2. The van der Waals surface area contributed by atoms with Crippen molar-refractivity contribution in [2.75, 3.05) is 42.5 Å². The molecule has 1 unspecified atom stereocenters. The van der Waals surface area contributed by atoms with Crippen molar-refractivity contribution in [3.8, 4) is 28.6 Å². The number of fused-ring (bicyclic) bond motifs is 1. The van der Waals surface area contributed by atoms with Gasteiger partial charge in [-0.15, -0.1) is 10.2 Å². The molecule has 18 heteroatoms. The molecule has 3 aliphatic rings. The van der Waals surface area contributed by atoms with Crippen LogP contribution in [0.1, 0.15) is 93.1 Å². The number of hydrogen-bond acceptors (Lipinski definition) is 11. The Morgan fingerprint density at radius 3 is 2.20 bits per heavy atom. The topological polar surface area (TPSA) is 231 Å². The first-order valence-electron chi connectivity index (χ1n) is 21.4. The molecule has 65 heavy (non-hydrogen) atoms. The van der Waals surface area contributed by atoms with Gasteiger partial charge in [0.1, 0.15) is 17.5 Å². The highest BCUT2D eigenvalue weighted by molar-refractivity contribution is 6.08. The van der Waals surface area contributed by atoms with Crippen LogP contribution < -0.4 is 20.4 Å². The Kier molecular flexibility index (Phi) is 11.8. The Balaban J connectivity index is 0.987. The quantitative estimate of drug-likeness (QED) is 0.111. The number of anilines is 3. The van der Waals surface area contributed by atoms with E-state index >= 15 is 0 Å². The molecule has 0 saturated carbocycles. The van der Waals surface area contributed by atoms with Gasteiger partial charge in [0.2, 0.25) is 17.6 Å². The minimum Gasteiger partial charge on any atom is -0.508 e. The zero-order valence-electron chi connectivity index (χ0n) is 36.6. The van der Waals surface area contributed by atoms with E-state index in [1.165, 1.54) is 20.4 Å². The molecule has 5 aromatic rings. The molecule has 4 heterocycles. The Morgan fingerprint density at radius 2 is 1.57 bits per heavy atom. The van der Waals surface area contributed by atoms with Gasteiger partial charge >= 0.3 is 6.09 Å². The number of carboxylic acid groups (broad SMARTS) is 1. The maximum atomic E-state index is 13.9. The summed E-state index contributed by atoms with van der Waals surface area (Å²) < 4.78 is 1.50. The third-order valence-electron chi connectivity index (χ3n) is 12.2. The largest absolute Gasteiger partial charge is 0.508 e. The SMILES string of the molecule is CCNC(=O)c1nnc(-c2cc(C(C)C)c(O)cc2O)n1-c1ccc(C(=O)N2CCN(c3cc(C)c(N(C(=O)O)c4cccc5c4CN(C4CCC(=O)NC4=O)C5=O)c(C)c3)CC2)cc1. The smallest absolute Gasteiger partial charge is 0.416 e. The van der Waals surface area contributed by atoms with Crippen LogP contribution in [0, 0.1) is 13.8 Å². The molecule has 3 aliphatic heterocycles. The summed E-state index contributed by atoms with van der Waals surface area (Å²) in [6.07, 6.45) is -0.963. The number of amides is 6. The highest BCUT2D eigenvalue weighted by Gasteiger charge is 2.41. The fraction of sp³-hybridized carbons (Fsp3) is 0.319. The second-order valence-corrected chi connectivity index (χ2v) is 16.7. The Morgan fingerprint density at radius 1 is 0.877 bits per heavy atom. The summed E-state index contributed by atoms with van der Waals surface area (Å²) in [7, 11) is 0. The number of nitrogens with one attached hydrogen (secondary N) is 2. The molecule has 0 bridgehead atoms. The number of carbonyl (C=O) groups excluding carboxylic acids is 5. The lowest BCUT2D eigenvalue weighted by atomic mass is 9.98. The van der Waals surface area contributed by atoms with Crippen molar-refractivity contribution in [3.05, 3.63) is 106 Å². The molecule has 6 amide bonds. The van der Waals surface area contributed by atoms with Gasteiger partial charge in [-0.3, -0.25) is 33.9 Å². The molecule has 1 atom stereocenters. The van der Waals surface area contributed by atoms with Crippen molar-refractivity contribution in [1.29, 1.82) is 0 Å². The lowest BCUT2D eigenvalue weighted by molar-refractivity contribution is -0.136. The number of benzene rings is 4. The van der Waals surface area contributed by atoms with E-state index in [4.69, 9.17) is 0 Å². The Hall–Kier alpha value is -7.76. The van der Waals surface area contributed by atoms with Gasteiger partial charge in [-0.05, 0) is 104 Å². The molecule has 0 radical (unpaired) electrons. The fourth-order valence-electron chi connectivity index (χ4n) is 9.00. The second-order valence-electron chi connectivity index (χ2n) is 16.7. The maximum absolute atomic E-state index is 13.9. The Labute approximate surface area is 374 Å². The number of carbonyl (C=O) groups is 6. The molecule has 2 fully saturated rings. The molecule has 1 aromatic heterocycles. The van der Waals surface area contributed by atoms with E-state index < -0.39 is 35.8 Å². The number of phenols is 2. The second kappa shape index (κ2) is 17.4. The van der Waals surface area contributed by atoms with E-state index in [0.717, 1.165) is 5.69 Å². The molecule has 4 aromatic carbocycles. The number of hydrogen-bond donors (Lipinski definition) is 5. The molecule has 0 aliphatic carbocycles. The first-order chi connectivity index (χ1) is 31.1. The molecule has 2 saturated heterocycles. The Bertz CT molecular complexity index is 2750. The summed E-state index contributed by atoms with van der Waals surface area (Å²) in [5.41, 5.74) is 5.48. The number of nitrogens with zero attached hydrogens (tertiary/aromatic N) is 7. The van der Waals surface area contributed by atoms with Crippen LogP contribution in [-0.2, 0) is 16.1 Å². The van der Waals surface area contributed by atoms with Crippen LogP contribution in [0.3, 0.4) is 0 Å². The molecule has 5 N–H and O–H groups in total. The van der Waals surface area contributed by atoms with Crippen molar-refractivity contribution >= 4 is 52.7 Å². The molecule has 18 nitrogen and oxygen atoms in total. The van der Waals surface area contributed by atoms with Gasteiger partial charge < -0.3 is 35.3 Å². The van der Waals surface area contributed by atoms with Gasteiger partial charge in [-0.1, -0.05) is 19.9 Å². The molecule has 0 spiro atoms. The first kappa shape index (κ1) is 43.9. The van der Waals surface area contributed by atoms with Crippen LogP contribution in [0.15, 0.2) is 66.7 Å². The third kappa shape index (κ3) is 8.06. The van der Waals surface area contributed by atoms with Gasteiger partial charge in [-0.25, -0.2) is 9.69 Å². The first-order valence-corrected chi connectivity index (χ1v) is 21.4. The highest BCUT2D eigenvalue weighted by atomic mass is 16.4. The number of aryl methyl sites for hydroxylation is 2. The number of aromatic nitrogens is 3. The monoisotopic (exact) mass is 883 g/mol. The van der Waals surface area contributed by atoms with Crippen LogP contribution in [0.25, 0.3) is 17.1 Å². The van der Waals surface area contributed by atoms with E-state index in [1.807, 2.05) is 39.8 Å². The fourth-order valence-corrected chi connectivity index (χ4v) is 9.00. The maximum Gasteiger partial charge on any atom is 0.416 e. The molecular formula is C47H49N9O9. The zero-order chi connectivity index (χ0) is 46.4. The highest BCUT2D eigenvalue weighted by Crippen LogP contribution is 2.42. The molecule has 8 rings (SSSR count). The van der Waals surface area contributed by atoms with Gasteiger partial charge in [0.15, 0.2) is 5.82 Å². The third-order valence-corrected chi connectivity index (χ3v) is 12.2. The summed E-state index contributed by atoms with van der Waals surface area (Å²) >= 11 is 0. The lowest BCUT2D eigenvalue weighted by Gasteiger charge is -2.37. The van der Waals surface area contributed by atoms with Crippen LogP contribution in [0.2, 0.25) is 0 Å². The molecular weight excluding hydrogens is 835 g/mol. The van der Waals surface area contributed by atoms with Gasteiger partial charge in [0, 0.05) is 79.8 Å². The standard InChI is InChI=1S/C47H49N9O9/c1-6-48-44(61)42-51-50-41(33-22-32(25(2)3)37(57)23-38(33)58)55(42)29-12-10-28(11-13-29)45(62)53-18-16-52(17-19-53)30-20-26(4)40(27(5)21-30)56(47(64)65)35-9-7-8-31-34(35)24-54(46(31)63)36-14-15-39(59)49-43(36)60/h7-13,20-23,25,36,57-58H,6,14-19,24H2,1-5H3,(H,48,61)(H,64,65)(H,49,59,60). The number of piperidine rings is 1. The van der Waals surface area contributed by atoms with Gasteiger partial charge in [0.05, 0.1) is 16.9 Å². The molecule has 336 valence electrons. The number of aromatic hydroxyl groups is 2. The summed E-state index contributed by atoms with van der Waals surface area (Å²) in [5, 5.41) is 45.5. The van der Waals surface area contributed by atoms with E-state index in [0.29, 0.717) is 83.2 Å². The van der Waals surface area contributed by atoms with E-state index in [-0.39, 0.29) is 59.9 Å². The predicted molar refractivity (Wildman–Crippen MR) is 239 cm³/mol. The van der Waals surface area contributed by atoms with Crippen LogP contribution in [-0.4, -0.2) is 114 Å². The van der Waals surface area contributed by atoms with Gasteiger partial charge in [-0.2, -0.15) is 0 Å². The van der Waals surface area contributed by atoms with Crippen LogP contribution in [0.5, 0.6) is 11.5 Å². The van der Waals surface area contributed by atoms with Crippen molar-refractivity contribution < 1.29 is 44.1 Å². The minimum absolute atomic E-state index is 0.0110. The van der Waals surface area contributed by atoms with E-state index in [1.54, 1.807) is 60.4 Å². The van der Waals surface area contributed by atoms with Gasteiger partial charge in [0.25, 0.3) is 17.7 Å². The zero-order valence-corrected chi connectivity index (χ0v) is 36.6. The van der Waals surface area contributed by atoms with Crippen molar-refractivity contribution in [2.24, 2.45) is 0 Å². The van der Waals surface area contributed by atoms with Crippen molar-refractivity contribution in [2.45, 2.75) is 66.0 Å². The summed E-state index contributed by atoms with van der Waals surface area (Å²) in [6.45, 7) is 11.4. The number of rotatable bonds is 10. The van der Waals surface area contributed by atoms with Crippen LogP contribution in [0.4, 0.5) is 21.9 Å².